The zero-order valence-corrected chi connectivity index (χ0v) is 10.0. The van der Waals surface area contributed by atoms with Crippen LogP contribution in [-0.2, 0) is 13.1 Å². The summed E-state index contributed by atoms with van der Waals surface area (Å²) in [6, 6.07) is 3.04. The fourth-order valence-electron chi connectivity index (χ4n) is 1.59. The maximum Gasteiger partial charge on any atom is 0.307 e. The molecule has 0 radical (unpaired) electrons. The lowest BCUT2D eigenvalue weighted by Gasteiger charge is -2.06. The van der Waals surface area contributed by atoms with Gasteiger partial charge in [0.15, 0.2) is 0 Å². The van der Waals surface area contributed by atoms with Crippen molar-refractivity contribution < 1.29 is 0 Å². The number of thiazole rings is 1. The first kappa shape index (κ1) is 11.7. The maximum atomic E-state index is 11.5. The molecule has 17 heavy (non-hydrogen) atoms. The number of nitrogens with two attached hydrogens (primary N) is 1. The molecule has 90 valence electrons. The van der Waals surface area contributed by atoms with Crippen molar-refractivity contribution in [2.75, 3.05) is 5.73 Å². The van der Waals surface area contributed by atoms with Gasteiger partial charge in [0.1, 0.15) is 0 Å². The Kier molecular flexibility index (Phi) is 3.43. The summed E-state index contributed by atoms with van der Waals surface area (Å²) >= 11 is 1.18. The van der Waals surface area contributed by atoms with E-state index in [9.17, 15) is 9.59 Å². The molecule has 2 aromatic rings. The number of rotatable bonds is 4. The highest BCUT2D eigenvalue weighted by atomic mass is 32.1. The van der Waals surface area contributed by atoms with Crippen LogP contribution in [0.4, 0.5) is 5.69 Å². The van der Waals surface area contributed by atoms with Crippen molar-refractivity contribution in [1.82, 2.24) is 9.13 Å². The van der Waals surface area contributed by atoms with Crippen molar-refractivity contribution >= 4 is 17.0 Å². The predicted octanol–water partition coefficient (Wildman–Crippen LogP) is 0.744. The van der Waals surface area contributed by atoms with E-state index in [1.807, 2.05) is 0 Å². The molecular formula is C11H13N3O2S. The Balaban J connectivity index is 1.99. The van der Waals surface area contributed by atoms with Crippen LogP contribution in [0.3, 0.4) is 0 Å². The van der Waals surface area contributed by atoms with Crippen LogP contribution in [0.2, 0.25) is 0 Å². The highest BCUT2D eigenvalue weighted by molar-refractivity contribution is 7.07. The van der Waals surface area contributed by atoms with Gasteiger partial charge < -0.3 is 14.9 Å². The van der Waals surface area contributed by atoms with Gasteiger partial charge in [-0.3, -0.25) is 9.59 Å². The van der Waals surface area contributed by atoms with Crippen LogP contribution in [-0.4, -0.2) is 9.13 Å². The van der Waals surface area contributed by atoms with E-state index in [1.54, 1.807) is 33.0 Å². The minimum Gasteiger partial charge on any atom is -0.398 e. The summed E-state index contributed by atoms with van der Waals surface area (Å²) in [5.74, 6) is 0. The van der Waals surface area contributed by atoms with Crippen LogP contribution in [0.25, 0.3) is 0 Å². The number of aryl methyl sites for hydroxylation is 2. The molecule has 0 saturated heterocycles. The van der Waals surface area contributed by atoms with Gasteiger partial charge in [0, 0.05) is 42.6 Å². The molecule has 5 nitrogen and oxygen atoms in total. The lowest BCUT2D eigenvalue weighted by molar-refractivity contribution is 0.549. The Hall–Kier alpha value is -1.82. The van der Waals surface area contributed by atoms with E-state index >= 15 is 0 Å². The second kappa shape index (κ2) is 5.01. The lowest BCUT2D eigenvalue weighted by Crippen LogP contribution is -2.21. The molecule has 0 aliphatic heterocycles. The molecule has 0 spiro atoms. The first-order valence-electron chi connectivity index (χ1n) is 5.27. The van der Waals surface area contributed by atoms with Crippen LogP contribution in [0.5, 0.6) is 0 Å². The van der Waals surface area contributed by atoms with Gasteiger partial charge in [-0.15, -0.1) is 0 Å². The van der Waals surface area contributed by atoms with Gasteiger partial charge in [-0.1, -0.05) is 11.3 Å². The van der Waals surface area contributed by atoms with E-state index < -0.39 is 0 Å². The van der Waals surface area contributed by atoms with Crippen molar-refractivity contribution in [3.63, 3.8) is 0 Å². The van der Waals surface area contributed by atoms with Crippen molar-refractivity contribution in [1.29, 1.82) is 0 Å². The van der Waals surface area contributed by atoms with Gasteiger partial charge in [-0.2, -0.15) is 0 Å². The van der Waals surface area contributed by atoms with Crippen molar-refractivity contribution in [3.8, 4) is 0 Å². The molecule has 0 fully saturated rings. The minimum atomic E-state index is -0.0723. The molecule has 0 aliphatic carbocycles. The Bertz CT molecular complexity index is 611. The average molecular weight is 251 g/mol. The van der Waals surface area contributed by atoms with Gasteiger partial charge in [-0.05, 0) is 12.5 Å². The molecule has 2 N–H and O–H groups in total. The van der Waals surface area contributed by atoms with E-state index in [1.165, 1.54) is 17.4 Å². The summed E-state index contributed by atoms with van der Waals surface area (Å²) in [7, 11) is 0. The van der Waals surface area contributed by atoms with Gasteiger partial charge >= 0.3 is 4.87 Å². The smallest absolute Gasteiger partial charge is 0.307 e. The van der Waals surface area contributed by atoms with E-state index in [2.05, 4.69) is 0 Å². The molecule has 0 aliphatic rings. The number of hydrogen-bond acceptors (Lipinski definition) is 4. The zero-order chi connectivity index (χ0) is 12.3. The average Bonchev–Trinajstić information content (AvgIpc) is 2.70. The summed E-state index contributed by atoms with van der Waals surface area (Å²) in [4.78, 5) is 22.8. The standard InChI is InChI=1S/C11H13N3O2S/c12-9-2-3-10(15)14(8-9)5-1-4-13-6-7-17-11(13)16/h2-3,6-8H,1,4-5,12H2. The van der Waals surface area contributed by atoms with Gasteiger partial charge in [0.05, 0.1) is 0 Å². The summed E-state index contributed by atoms with van der Waals surface area (Å²) < 4.78 is 3.20. The zero-order valence-electron chi connectivity index (χ0n) is 9.20. The summed E-state index contributed by atoms with van der Waals surface area (Å²) in [5, 5.41) is 1.76. The normalized spacial score (nSPS) is 10.6. The van der Waals surface area contributed by atoms with Gasteiger partial charge in [0.2, 0.25) is 0 Å². The molecule has 0 unspecified atom stereocenters. The first-order chi connectivity index (χ1) is 8.16. The third-order valence-electron chi connectivity index (χ3n) is 2.45. The summed E-state index contributed by atoms with van der Waals surface area (Å²) in [6.07, 6.45) is 4.11. The number of pyridine rings is 1. The highest BCUT2D eigenvalue weighted by Crippen LogP contribution is 1.98. The van der Waals surface area contributed by atoms with Crippen LogP contribution >= 0.6 is 11.3 Å². The molecule has 0 bridgehead atoms. The molecule has 6 heteroatoms. The quantitative estimate of drug-likeness (QED) is 0.871. The Labute approximate surface area is 102 Å². The molecule has 0 amide bonds. The highest BCUT2D eigenvalue weighted by Gasteiger charge is 1.99. The Morgan fingerprint density at radius 2 is 1.94 bits per heavy atom. The van der Waals surface area contributed by atoms with E-state index in [0.717, 1.165) is 6.42 Å². The number of aromatic nitrogens is 2. The third-order valence-corrected chi connectivity index (χ3v) is 3.14. The fourth-order valence-corrected chi connectivity index (χ4v) is 2.20. The molecule has 2 aromatic heterocycles. The molecule has 0 saturated carbocycles. The predicted molar refractivity (Wildman–Crippen MR) is 68.3 cm³/mol. The van der Waals surface area contributed by atoms with Crippen LogP contribution in [0.1, 0.15) is 6.42 Å². The molecular weight excluding hydrogens is 238 g/mol. The summed E-state index contributed by atoms with van der Waals surface area (Å²) in [5.41, 5.74) is 6.10. The lowest BCUT2D eigenvalue weighted by atomic mass is 10.3. The second-order valence-electron chi connectivity index (χ2n) is 3.71. The maximum absolute atomic E-state index is 11.5. The van der Waals surface area contributed by atoms with Crippen molar-refractivity contribution in [3.05, 3.63) is 49.9 Å². The Morgan fingerprint density at radius 3 is 2.65 bits per heavy atom. The Morgan fingerprint density at radius 1 is 1.18 bits per heavy atom. The number of hydrogen-bond donors (Lipinski definition) is 1. The van der Waals surface area contributed by atoms with Crippen LogP contribution < -0.4 is 16.2 Å². The third kappa shape index (κ3) is 2.85. The molecule has 2 rings (SSSR count). The fraction of sp³-hybridized carbons (Fsp3) is 0.273. The number of anilines is 1. The summed E-state index contributed by atoms with van der Waals surface area (Å²) in [6.45, 7) is 1.18. The van der Waals surface area contributed by atoms with Crippen molar-refractivity contribution in [2.24, 2.45) is 0 Å². The number of nitrogens with zero attached hydrogens (tertiary/aromatic N) is 2. The van der Waals surface area contributed by atoms with E-state index in [0.29, 0.717) is 18.8 Å². The largest absolute Gasteiger partial charge is 0.398 e. The number of nitrogen functional groups attached to an aromatic ring is 1. The van der Waals surface area contributed by atoms with Gasteiger partial charge in [0.25, 0.3) is 5.56 Å². The van der Waals surface area contributed by atoms with E-state index in [-0.39, 0.29) is 10.4 Å². The minimum absolute atomic E-state index is 0.0323. The molecule has 0 atom stereocenters. The van der Waals surface area contributed by atoms with Crippen molar-refractivity contribution in [2.45, 2.75) is 19.5 Å². The van der Waals surface area contributed by atoms with Crippen LogP contribution in [0.15, 0.2) is 39.5 Å². The van der Waals surface area contributed by atoms with E-state index in [4.69, 9.17) is 5.73 Å². The topological polar surface area (TPSA) is 70.0 Å². The molecule has 2 heterocycles. The SMILES string of the molecule is Nc1ccc(=O)n(CCCn2ccsc2=O)c1. The van der Waals surface area contributed by atoms with Gasteiger partial charge in [-0.25, -0.2) is 0 Å². The second-order valence-corrected chi connectivity index (χ2v) is 4.57. The molecule has 0 aromatic carbocycles. The first-order valence-corrected chi connectivity index (χ1v) is 6.15. The monoisotopic (exact) mass is 251 g/mol. The van der Waals surface area contributed by atoms with Crippen LogP contribution in [0, 0.1) is 0 Å².